The van der Waals surface area contributed by atoms with Crippen molar-refractivity contribution in [1.29, 1.82) is 0 Å². The molecule has 14 heavy (non-hydrogen) atoms. The van der Waals surface area contributed by atoms with Crippen LogP contribution in [0, 0.1) is 17.3 Å². The highest BCUT2D eigenvalue weighted by atomic mass is 15.1. The van der Waals surface area contributed by atoms with Crippen LogP contribution in [0.2, 0.25) is 0 Å². The minimum absolute atomic E-state index is 0.758. The largest absolute Gasteiger partial charge is 0.316 e. The molecule has 3 atom stereocenters. The van der Waals surface area contributed by atoms with E-state index < -0.39 is 0 Å². The third-order valence-electron chi connectivity index (χ3n) is 4.75. The molecule has 0 amide bonds. The standard InChI is InChI=1S/C12H22N2/c1-14-6-3-10(8-14)11-7-12(11)4-2-5-13-9-12/h10-11,13H,2-9H2,1H3. The molecular formula is C12H22N2. The van der Waals surface area contributed by atoms with Gasteiger partial charge in [0, 0.05) is 13.1 Å². The van der Waals surface area contributed by atoms with Crippen LogP contribution < -0.4 is 5.32 Å². The highest BCUT2D eigenvalue weighted by Crippen LogP contribution is 2.61. The normalized spacial score (nSPS) is 48.6. The summed E-state index contributed by atoms with van der Waals surface area (Å²) in [7, 11) is 2.27. The first kappa shape index (κ1) is 9.17. The molecule has 3 fully saturated rings. The van der Waals surface area contributed by atoms with Crippen molar-refractivity contribution in [2.24, 2.45) is 17.3 Å². The van der Waals surface area contributed by atoms with E-state index in [1.54, 1.807) is 0 Å². The third kappa shape index (κ3) is 1.40. The van der Waals surface area contributed by atoms with E-state index in [2.05, 4.69) is 17.3 Å². The summed E-state index contributed by atoms with van der Waals surface area (Å²) < 4.78 is 0. The summed E-state index contributed by atoms with van der Waals surface area (Å²) in [5.74, 6) is 2.10. The predicted molar refractivity (Wildman–Crippen MR) is 58.2 cm³/mol. The minimum atomic E-state index is 0.758. The van der Waals surface area contributed by atoms with E-state index in [1.807, 2.05) is 0 Å². The smallest absolute Gasteiger partial charge is 0.00107 e. The molecule has 3 aliphatic rings. The van der Waals surface area contributed by atoms with Crippen molar-refractivity contribution in [3.8, 4) is 0 Å². The van der Waals surface area contributed by atoms with Gasteiger partial charge < -0.3 is 10.2 Å². The Balaban J connectivity index is 1.61. The second kappa shape index (κ2) is 3.21. The quantitative estimate of drug-likeness (QED) is 0.677. The Kier molecular flexibility index (Phi) is 2.10. The van der Waals surface area contributed by atoms with Gasteiger partial charge in [-0.25, -0.2) is 0 Å². The fourth-order valence-electron chi connectivity index (χ4n) is 3.83. The molecule has 2 saturated heterocycles. The van der Waals surface area contributed by atoms with Crippen molar-refractivity contribution in [3.05, 3.63) is 0 Å². The zero-order valence-corrected chi connectivity index (χ0v) is 9.26. The van der Waals surface area contributed by atoms with Crippen molar-refractivity contribution < 1.29 is 0 Å². The summed E-state index contributed by atoms with van der Waals surface area (Å²) in [5, 5.41) is 3.59. The average Bonchev–Trinajstić information content (AvgIpc) is 2.70. The van der Waals surface area contributed by atoms with E-state index in [0.717, 1.165) is 17.3 Å². The third-order valence-corrected chi connectivity index (χ3v) is 4.75. The number of rotatable bonds is 1. The van der Waals surface area contributed by atoms with Crippen LogP contribution in [-0.2, 0) is 0 Å². The molecule has 1 N–H and O–H groups in total. The minimum Gasteiger partial charge on any atom is -0.316 e. The van der Waals surface area contributed by atoms with Crippen LogP contribution in [0.1, 0.15) is 25.7 Å². The first-order chi connectivity index (χ1) is 6.80. The maximum Gasteiger partial charge on any atom is 0.00107 e. The number of nitrogens with zero attached hydrogens (tertiary/aromatic N) is 1. The molecule has 2 aliphatic heterocycles. The van der Waals surface area contributed by atoms with E-state index in [9.17, 15) is 0 Å². The topological polar surface area (TPSA) is 15.3 Å². The molecule has 1 aliphatic carbocycles. The van der Waals surface area contributed by atoms with E-state index >= 15 is 0 Å². The molecule has 80 valence electrons. The van der Waals surface area contributed by atoms with Gasteiger partial charge in [-0.15, -0.1) is 0 Å². The molecule has 1 spiro atoms. The molecule has 3 rings (SSSR count). The van der Waals surface area contributed by atoms with Crippen LogP contribution in [0.25, 0.3) is 0 Å². The van der Waals surface area contributed by atoms with Gasteiger partial charge in [-0.3, -0.25) is 0 Å². The number of hydrogen-bond acceptors (Lipinski definition) is 2. The van der Waals surface area contributed by atoms with Crippen molar-refractivity contribution >= 4 is 0 Å². The van der Waals surface area contributed by atoms with E-state index in [1.165, 1.54) is 51.9 Å². The lowest BCUT2D eigenvalue weighted by molar-refractivity contribution is 0.283. The fraction of sp³-hybridized carbons (Fsp3) is 1.00. The Morgan fingerprint density at radius 1 is 1.43 bits per heavy atom. The number of likely N-dealkylation sites (tertiary alicyclic amines) is 1. The Morgan fingerprint density at radius 2 is 2.36 bits per heavy atom. The summed E-state index contributed by atoms with van der Waals surface area (Å²) in [6.07, 6.45) is 5.91. The summed E-state index contributed by atoms with van der Waals surface area (Å²) in [6.45, 7) is 5.29. The lowest BCUT2D eigenvalue weighted by Gasteiger charge is -2.25. The second-order valence-corrected chi connectivity index (χ2v) is 5.76. The number of piperidine rings is 1. The maximum absolute atomic E-state index is 3.59. The maximum atomic E-state index is 3.59. The van der Waals surface area contributed by atoms with Crippen LogP contribution in [0.5, 0.6) is 0 Å². The highest BCUT2D eigenvalue weighted by molar-refractivity contribution is 5.08. The van der Waals surface area contributed by atoms with Crippen molar-refractivity contribution in [2.75, 3.05) is 33.2 Å². The van der Waals surface area contributed by atoms with Gasteiger partial charge in [-0.05, 0) is 63.1 Å². The molecule has 0 aromatic heterocycles. The number of hydrogen-bond donors (Lipinski definition) is 1. The van der Waals surface area contributed by atoms with Gasteiger partial charge in [0.1, 0.15) is 0 Å². The van der Waals surface area contributed by atoms with Gasteiger partial charge in [0.05, 0.1) is 0 Å². The van der Waals surface area contributed by atoms with Crippen LogP contribution in [0.15, 0.2) is 0 Å². The van der Waals surface area contributed by atoms with Crippen molar-refractivity contribution in [2.45, 2.75) is 25.7 Å². The Hall–Kier alpha value is -0.0800. The Bertz CT molecular complexity index is 220. The first-order valence-corrected chi connectivity index (χ1v) is 6.19. The SMILES string of the molecule is CN1CCC(C2CC23CCCNC3)C1. The van der Waals surface area contributed by atoms with Gasteiger partial charge in [0.2, 0.25) is 0 Å². The fourth-order valence-corrected chi connectivity index (χ4v) is 3.83. The van der Waals surface area contributed by atoms with Crippen LogP contribution in [-0.4, -0.2) is 38.1 Å². The van der Waals surface area contributed by atoms with Crippen LogP contribution in [0.4, 0.5) is 0 Å². The lowest BCUT2D eigenvalue weighted by atomic mass is 9.88. The lowest BCUT2D eigenvalue weighted by Crippen LogP contribution is -2.33. The Labute approximate surface area is 87.0 Å². The van der Waals surface area contributed by atoms with Crippen molar-refractivity contribution in [1.82, 2.24) is 10.2 Å². The van der Waals surface area contributed by atoms with Gasteiger partial charge >= 0.3 is 0 Å². The average molecular weight is 194 g/mol. The molecule has 2 heterocycles. The number of nitrogens with one attached hydrogen (secondary N) is 1. The monoisotopic (exact) mass is 194 g/mol. The Morgan fingerprint density at radius 3 is 3.00 bits per heavy atom. The zero-order valence-electron chi connectivity index (χ0n) is 9.26. The molecule has 1 saturated carbocycles. The molecule has 0 bridgehead atoms. The van der Waals surface area contributed by atoms with E-state index in [-0.39, 0.29) is 0 Å². The molecule has 2 heteroatoms. The van der Waals surface area contributed by atoms with E-state index in [4.69, 9.17) is 0 Å². The predicted octanol–water partition coefficient (Wildman–Crippen LogP) is 1.33. The van der Waals surface area contributed by atoms with Gasteiger partial charge in [-0.1, -0.05) is 0 Å². The van der Waals surface area contributed by atoms with Crippen LogP contribution in [0.3, 0.4) is 0 Å². The van der Waals surface area contributed by atoms with Crippen molar-refractivity contribution in [3.63, 3.8) is 0 Å². The first-order valence-electron chi connectivity index (χ1n) is 6.19. The van der Waals surface area contributed by atoms with Gasteiger partial charge in [-0.2, -0.15) is 0 Å². The molecular weight excluding hydrogens is 172 g/mol. The molecule has 0 aromatic rings. The molecule has 3 unspecified atom stereocenters. The summed E-state index contributed by atoms with van der Waals surface area (Å²) in [6, 6.07) is 0. The molecule has 2 nitrogen and oxygen atoms in total. The second-order valence-electron chi connectivity index (χ2n) is 5.76. The van der Waals surface area contributed by atoms with Crippen LogP contribution >= 0.6 is 0 Å². The summed E-state index contributed by atoms with van der Waals surface area (Å²) in [5.41, 5.74) is 0.758. The molecule has 0 aromatic carbocycles. The summed E-state index contributed by atoms with van der Waals surface area (Å²) >= 11 is 0. The van der Waals surface area contributed by atoms with Gasteiger partial charge in [0.15, 0.2) is 0 Å². The summed E-state index contributed by atoms with van der Waals surface area (Å²) in [4.78, 5) is 2.51. The van der Waals surface area contributed by atoms with E-state index in [0.29, 0.717) is 0 Å². The van der Waals surface area contributed by atoms with Gasteiger partial charge in [0.25, 0.3) is 0 Å². The zero-order chi connectivity index (χ0) is 9.60. The molecule has 0 radical (unpaired) electrons. The highest BCUT2D eigenvalue weighted by Gasteiger charge is 2.57.